The number of rotatable bonds is 1. The van der Waals surface area contributed by atoms with Crippen molar-refractivity contribution in [3.63, 3.8) is 0 Å². The standard InChI is InChI=1S/C10H11Cl2N3O2/c11-7-5-13-6-8(12)9(7)14-1-3-15(4-2-14)10(16)17/h5-6H,1-4H2,(H,16,17). The Labute approximate surface area is 109 Å². The molecule has 1 N–H and O–H groups in total. The number of amides is 1. The van der Waals surface area contributed by atoms with Crippen molar-refractivity contribution in [2.45, 2.75) is 0 Å². The highest BCUT2D eigenvalue weighted by atomic mass is 35.5. The molecule has 2 heterocycles. The van der Waals surface area contributed by atoms with Crippen LogP contribution in [0, 0.1) is 0 Å². The van der Waals surface area contributed by atoms with Gasteiger partial charge >= 0.3 is 6.09 Å². The van der Waals surface area contributed by atoms with Gasteiger partial charge in [0, 0.05) is 38.6 Å². The monoisotopic (exact) mass is 275 g/mol. The molecule has 1 aliphatic rings. The molecule has 7 heteroatoms. The third-order valence-corrected chi connectivity index (χ3v) is 3.25. The minimum Gasteiger partial charge on any atom is -0.465 e. The van der Waals surface area contributed by atoms with Crippen LogP contribution >= 0.6 is 23.2 Å². The smallest absolute Gasteiger partial charge is 0.407 e. The highest BCUT2D eigenvalue weighted by molar-refractivity contribution is 6.38. The van der Waals surface area contributed by atoms with Crippen LogP contribution in [0.4, 0.5) is 10.5 Å². The summed E-state index contributed by atoms with van der Waals surface area (Å²) in [6.07, 6.45) is 2.18. The lowest BCUT2D eigenvalue weighted by molar-refractivity contribution is 0.142. The Bertz CT molecular complexity index is 413. The predicted octanol–water partition coefficient (Wildman–Crippen LogP) is 2.19. The van der Waals surface area contributed by atoms with Gasteiger partial charge in [-0.05, 0) is 0 Å². The van der Waals surface area contributed by atoms with Crippen molar-refractivity contribution in [2.24, 2.45) is 0 Å². The first-order valence-electron chi connectivity index (χ1n) is 5.11. The number of piperazine rings is 1. The topological polar surface area (TPSA) is 56.7 Å². The van der Waals surface area contributed by atoms with E-state index in [1.165, 1.54) is 17.3 Å². The van der Waals surface area contributed by atoms with Crippen LogP contribution in [0.25, 0.3) is 0 Å². The van der Waals surface area contributed by atoms with Crippen LogP contribution in [0.1, 0.15) is 0 Å². The fourth-order valence-corrected chi connectivity index (χ4v) is 2.43. The van der Waals surface area contributed by atoms with Crippen LogP contribution in [0.3, 0.4) is 0 Å². The van der Waals surface area contributed by atoms with Crippen LogP contribution < -0.4 is 4.90 Å². The molecule has 0 unspecified atom stereocenters. The Morgan fingerprint density at radius 3 is 2.18 bits per heavy atom. The Balaban J connectivity index is 2.13. The lowest BCUT2D eigenvalue weighted by Gasteiger charge is -2.35. The van der Waals surface area contributed by atoms with Gasteiger partial charge in [0.25, 0.3) is 0 Å². The quantitative estimate of drug-likeness (QED) is 0.854. The molecule has 92 valence electrons. The number of nitrogens with zero attached hydrogens (tertiary/aromatic N) is 3. The van der Waals surface area contributed by atoms with Gasteiger partial charge in [-0.25, -0.2) is 4.79 Å². The molecule has 1 amide bonds. The molecule has 0 aromatic carbocycles. The zero-order valence-corrected chi connectivity index (χ0v) is 10.4. The van der Waals surface area contributed by atoms with Crippen molar-refractivity contribution in [1.82, 2.24) is 9.88 Å². The zero-order valence-electron chi connectivity index (χ0n) is 8.94. The summed E-state index contributed by atoms with van der Waals surface area (Å²) in [5, 5.41) is 9.82. The summed E-state index contributed by atoms with van der Waals surface area (Å²) in [5.41, 5.74) is 0.730. The van der Waals surface area contributed by atoms with E-state index in [1.807, 2.05) is 4.90 Å². The third-order valence-electron chi connectivity index (χ3n) is 2.69. The second-order valence-corrected chi connectivity index (χ2v) is 4.52. The molecule has 0 spiro atoms. The SMILES string of the molecule is O=C(O)N1CCN(c2c(Cl)cncc2Cl)CC1. The van der Waals surface area contributed by atoms with Crippen LogP contribution in [-0.2, 0) is 0 Å². The molecule has 0 aliphatic carbocycles. The fraction of sp³-hybridized carbons (Fsp3) is 0.400. The summed E-state index contributed by atoms with van der Waals surface area (Å²) in [4.78, 5) is 18.0. The lowest BCUT2D eigenvalue weighted by Crippen LogP contribution is -2.48. The molecular weight excluding hydrogens is 265 g/mol. The van der Waals surface area contributed by atoms with Crippen LogP contribution in [0.2, 0.25) is 10.0 Å². The van der Waals surface area contributed by atoms with Gasteiger partial charge in [0.2, 0.25) is 0 Å². The number of pyridine rings is 1. The highest BCUT2D eigenvalue weighted by Crippen LogP contribution is 2.32. The predicted molar refractivity (Wildman–Crippen MR) is 66.1 cm³/mol. The summed E-state index contributed by atoms with van der Waals surface area (Å²) in [7, 11) is 0. The molecule has 0 radical (unpaired) electrons. The average molecular weight is 276 g/mol. The van der Waals surface area contributed by atoms with E-state index in [1.54, 1.807) is 0 Å². The number of aromatic nitrogens is 1. The maximum absolute atomic E-state index is 10.8. The molecule has 17 heavy (non-hydrogen) atoms. The van der Waals surface area contributed by atoms with Gasteiger partial charge < -0.3 is 14.9 Å². The van der Waals surface area contributed by atoms with Gasteiger partial charge in [-0.15, -0.1) is 0 Å². The van der Waals surface area contributed by atoms with Crippen molar-refractivity contribution in [2.75, 3.05) is 31.1 Å². The largest absolute Gasteiger partial charge is 0.465 e. The van der Waals surface area contributed by atoms with Crippen LogP contribution in [-0.4, -0.2) is 47.3 Å². The highest BCUT2D eigenvalue weighted by Gasteiger charge is 2.23. The molecule has 1 fully saturated rings. The summed E-state index contributed by atoms with van der Waals surface area (Å²) in [5.74, 6) is 0. The Kier molecular flexibility index (Phi) is 3.59. The number of carboxylic acid groups (broad SMARTS) is 1. The molecule has 5 nitrogen and oxygen atoms in total. The zero-order chi connectivity index (χ0) is 12.4. The maximum atomic E-state index is 10.8. The van der Waals surface area contributed by atoms with E-state index in [4.69, 9.17) is 28.3 Å². The van der Waals surface area contributed by atoms with E-state index in [0.29, 0.717) is 36.2 Å². The number of hydrogen-bond acceptors (Lipinski definition) is 3. The Morgan fingerprint density at radius 2 is 1.71 bits per heavy atom. The number of halogens is 2. The lowest BCUT2D eigenvalue weighted by atomic mass is 10.3. The normalized spacial score (nSPS) is 16.1. The van der Waals surface area contributed by atoms with Crippen molar-refractivity contribution >= 4 is 35.0 Å². The van der Waals surface area contributed by atoms with E-state index in [-0.39, 0.29) is 0 Å². The maximum Gasteiger partial charge on any atom is 0.407 e. The number of hydrogen-bond donors (Lipinski definition) is 1. The van der Waals surface area contributed by atoms with E-state index >= 15 is 0 Å². The second-order valence-electron chi connectivity index (χ2n) is 3.71. The van der Waals surface area contributed by atoms with Crippen molar-refractivity contribution in [3.05, 3.63) is 22.4 Å². The third kappa shape index (κ3) is 2.56. The van der Waals surface area contributed by atoms with E-state index in [2.05, 4.69) is 4.98 Å². The molecule has 0 atom stereocenters. The summed E-state index contributed by atoms with van der Waals surface area (Å²) < 4.78 is 0. The van der Waals surface area contributed by atoms with Gasteiger partial charge in [0.15, 0.2) is 0 Å². The molecule has 1 aromatic rings. The first-order valence-corrected chi connectivity index (χ1v) is 5.87. The Morgan fingerprint density at radius 1 is 1.18 bits per heavy atom. The summed E-state index contributed by atoms with van der Waals surface area (Å²) in [6.45, 7) is 2.06. The van der Waals surface area contributed by atoms with Crippen LogP contribution in [0.15, 0.2) is 12.4 Å². The van der Waals surface area contributed by atoms with Crippen molar-refractivity contribution in [1.29, 1.82) is 0 Å². The second kappa shape index (κ2) is 4.98. The first-order chi connectivity index (χ1) is 8.09. The number of anilines is 1. The van der Waals surface area contributed by atoms with Crippen molar-refractivity contribution < 1.29 is 9.90 Å². The Hall–Kier alpha value is -1.20. The fourth-order valence-electron chi connectivity index (χ4n) is 1.83. The minimum atomic E-state index is -0.892. The summed E-state index contributed by atoms with van der Waals surface area (Å²) in [6, 6.07) is 0. The van der Waals surface area contributed by atoms with Gasteiger partial charge in [-0.2, -0.15) is 0 Å². The minimum absolute atomic E-state index is 0.449. The van der Waals surface area contributed by atoms with Crippen LogP contribution in [0.5, 0.6) is 0 Å². The molecule has 2 rings (SSSR count). The van der Waals surface area contributed by atoms with Gasteiger partial charge in [0.1, 0.15) is 0 Å². The van der Waals surface area contributed by atoms with E-state index in [9.17, 15) is 4.79 Å². The van der Waals surface area contributed by atoms with E-state index < -0.39 is 6.09 Å². The summed E-state index contributed by atoms with van der Waals surface area (Å²) >= 11 is 12.1. The number of carbonyl (C=O) groups is 1. The average Bonchev–Trinajstić information content (AvgIpc) is 2.29. The molecule has 0 bridgehead atoms. The van der Waals surface area contributed by atoms with Gasteiger partial charge in [0.05, 0.1) is 15.7 Å². The molecule has 1 saturated heterocycles. The molecule has 1 aromatic heterocycles. The first kappa shape index (κ1) is 12.3. The van der Waals surface area contributed by atoms with Crippen molar-refractivity contribution in [3.8, 4) is 0 Å². The van der Waals surface area contributed by atoms with Gasteiger partial charge in [-0.1, -0.05) is 23.2 Å². The molecule has 1 aliphatic heterocycles. The van der Waals surface area contributed by atoms with Gasteiger partial charge in [-0.3, -0.25) is 4.98 Å². The molecule has 0 saturated carbocycles. The van der Waals surface area contributed by atoms with E-state index in [0.717, 1.165) is 5.69 Å². The molecular formula is C10H11Cl2N3O2.